The van der Waals surface area contributed by atoms with Crippen LogP contribution in [0.15, 0.2) is 18.2 Å². The SMILES string of the molecule is C#CCOCCOCCOCCOCCOCCOCCOCCC(=O)Nc1cccc2c1CN(C1CCC(=O)NC1=O)C2=O. The van der Waals surface area contributed by atoms with Gasteiger partial charge in [-0.3, -0.25) is 24.5 Å². The minimum atomic E-state index is -0.715. The van der Waals surface area contributed by atoms with E-state index in [0.29, 0.717) is 96.1 Å². The summed E-state index contributed by atoms with van der Waals surface area (Å²) in [7, 11) is 0. The van der Waals surface area contributed by atoms with Crippen molar-refractivity contribution in [3.8, 4) is 12.3 Å². The molecule has 2 aliphatic heterocycles. The van der Waals surface area contributed by atoms with Crippen LogP contribution in [0.2, 0.25) is 0 Å². The van der Waals surface area contributed by atoms with E-state index in [9.17, 15) is 19.2 Å². The highest BCUT2D eigenvalue weighted by Gasteiger charge is 2.39. The number of piperidine rings is 1. The number of fused-ring (bicyclic) bond motifs is 1. The number of rotatable bonds is 24. The van der Waals surface area contributed by atoms with Crippen molar-refractivity contribution in [3.05, 3.63) is 29.3 Å². The van der Waals surface area contributed by atoms with Crippen LogP contribution < -0.4 is 10.6 Å². The van der Waals surface area contributed by atoms with Crippen molar-refractivity contribution < 1.29 is 52.3 Å². The fourth-order valence-corrected chi connectivity index (χ4v) is 4.53. The fourth-order valence-electron chi connectivity index (χ4n) is 4.53. The summed E-state index contributed by atoms with van der Waals surface area (Å²) in [6, 6.07) is 4.35. The number of amides is 4. The molecule has 1 fully saturated rings. The zero-order valence-electron chi connectivity index (χ0n) is 25.6. The lowest BCUT2D eigenvalue weighted by Crippen LogP contribution is -2.52. The van der Waals surface area contributed by atoms with E-state index in [2.05, 4.69) is 16.6 Å². The van der Waals surface area contributed by atoms with Gasteiger partial charge in [0.05, 0.1) is 92.3 Å². The maximum Gasteiger partial charge on any atom is 0.255 e. The lowest BCUT2D eigenvalue weighted by atomic mass is 10.0. The molecule has 0 aliphatic carbocycles. The van der Waals surface area contributed by atoms with Gasteiger partial charge < -0.3 is 43.4 Å². The Kier molecular flexibility index (Phi) is 17.1. The van der Waals surface area contributed by atoms with Gasteiger partial charge >= 0.3 is 0 Å². The quantitative estimate of drug-likeness (QED) is 0.0929. The molecule has 1 atom stereocenters. The molecule has 2 N–H and O–H groups in total. The van der Waals surface area contributed by atoms with Gasteiger partial charge in [0.15, 0.2) is 0 Å². The second-order valence-corrected chi connectivity index (χ2v) is 9.96. The molecule has 1 saturated heterocycles. The van der Waals surface area contributed by atoms with Crippen LogP contribution in [0.1, 0.15) is 35.2 Å². The smallest absolute Gasteiger partial charge is 0.255 e. The Morgan fingerprint density at radius 2 is 1.36 bits per heavy atom. The third-order valence-corrected chi connectivity index (χ3v) is 6.75. The van der Waals surface area contributed by atoms with E-state index in [1.54, 1.807) is 18.2 Å². The molecule has 2 aliphatic rings. The molecule has 45 heavy (non-hydrogen) atoms. The number of hydrogen-bond acceptors (Lipinski definition) is 11. The summed E-state index contributed by atoms with van der Waals surface area (Å²) in [5.41, 5.74) is 1.60. The molecular formula is C31H43N3O11. The van der Waals surface area contributed by atoms with Crippen LogP contribution in [0.5, 0.6) is 0 Å². The first-order valence-electron chi connectivity index (χ1n) is 15.0. The molecule has 1 aromatic rings. The Balaban J connectivity index is 1.13. The van der Waals surface area contributed by atoms with Gasteiger partial charge in [0.25, 0.3) is 5.91 Å². The minimum absolute atomic E-state index is 0.125. The van der Waals surface area contributed by atoms with E-state index in [-0.39, 0.29) is 56.7 Å². The highest BCUT2D eigenvalue weighted by molar-refractivity contribution is 6.06. The van der Waals surface area contributed by atoms with Crippen LogP contribution in [0.3, 0.4) is 0 Å². The van der Waals surface area contributed by atoms with Crippen molar-refractivity contribution >= 4 is 29.3 Å². The second-order valence-electron chi connectivity index (χ2n) is 9.96. The van der Waals surface area contributed by atoms with Gasteiger partial charge in [-0.05, 0) is 18.6 Å². The van der Waals surface area contributed by atoms with Crippen LogP contribution in [-0.4, -0.2) is 127 Å². The van der Waals surface area contributed by atoms with Gasteiger partial charge in [-0.2, -0.15) is 0 Å². The predicted octanol–water partition coefficient (Wildman–Crippen LogP) is 0.526. The van der Waals surface area contributed by atoms with E-state index in [4.69, 9.17) is 39.6 Å². The summed E-state index contributed by atoms with van der Waals surface area (Å²) in [6.07, 6.45) is 5.65. The molecule has 0 spiro atoms. The summed E-state index contributed by atoms with van der Waals surface area (Å²) in [4.78, 5) is 50.6. The molecule has 1 unspecified atom stereocenters. The van der Waals surface area contributed by atoms with Crippen LogP contribution in [-0.2, 0) is 54.1 Å². The van der Waals surface area contributed by atoms with Crippen LogP contribution in [0, 0.1) is 12.3 Å². The summed E-state index contributed by atoms with van der Waals surface area (Å²) < 4.78 is 37.7. The van der Waals surface area contributed by atoms with E-state index >= 15 is 0 Å². The molecular weight excluding hydrogens is 590 g/mol. The van der Waals surface area contributed by atoms with Gasteiger partial charge in [-0.25, -0.2) is 0 Å². The molecule has 248 valence electrons. The lowest BCUT2D eigenvalue weighted by molar-refractivity contribution is -0.137. The molecule has 14 heteroatoms. The molecule has 2 heterocycles. The first-order valence-corrected chi connectivity index (χ1v) is 15.0. The van der Waals surface area contributed by atoms with Crippen molar-refractivity contribution in [2.24, 2.45) is 0 Å². The predicted molar refractivity (Wildman–Crippen MR) is 160 cm³/mol. The maximum atomic E-state index is 12.9. The monoisotopic (exact) mass is 633 g/mol. The second kappa shape index (κ2) is 21.3. The van der Waals surface area contributed by atoms with E-state index in [1.807, 2.05) is 0 Å². The number of hydrogen-bond donors (Lipinski definition) is 2. The fraction of sp³-hybridized carbons (Fsp3) is 0.613. The van der Waals surface area contributed by atoms with Gasteiger partial charge in [0.1, 0.15) is 12.6 Å². The number of ether oxygens (including phenoxy) is 7. The Bertz CT molecular complexity index is 1140. The third-order valence-electron chi connectivity index (χ3n) is 6.75. The number of imide groups is 1. The number of nitrogens with one attached hydrogen (secondary N) is 2. The summed E-state index contributed by atoms with van der Waals surface area (Å²) in [5.74, 6) is 1.01. The molecule has 0 radical (unpaired) electrons. The number of anilines is 1. The van der Waals surface area contributed by atoms with Crippen LogP contribution >= 0.6 is 0 Å². The van der Waals surface area contributed by atoms with Gasteiger partial charge in [0, 0.05) is 29.8 Å². The molecule has 4 amide bonds. The number of nitrogens with zero attached hydrogens (tertiary/aromatic N) is 1. The standard InChI is InChI=1S/C31H43N3O11/c1-2-9-39-11-13-41-15-17-43-19-21-45-22-20-44-18-16-42-14-12-40-10-8-29(36)32-26-5-3-4-24-25(26)23-34(31(24)38)27-6-7-28(35)33-30(27)37/h1,3-5,27H,6-23H2,(H,32,36)(H,33,35,37). The first kappa shape index (κ1) is 36.1. The maximum absolute atomic E-state index is 12.9. The largest absolute Gasteiger partial charge is 0.379 e. The van der Waals surface area contributed by atoms with Gasteiger partial charge in [-0.15, -0.1) is 6.42 Å². The average molecular weight is 634 g/mol. The Hall–Kier alpha value is -3.42. The van der Waals surface area contributed by atoms with E-state index < -0.39 is 11.9 Å². The van der Waals surface area contributed by atoms with Gasteiger partial charge in [-0.1, -0.05) is 12.0 Å². The van der Waals surface area contributed by atoms with Crippen molar-refractivity contribution in [1.29, 1.82) is 0 Å². The Morgan fingerprint density at radius 3 is 1.89 bits per heavy atom. The number of carbonyl (C=O) groups is 4. The number of terminal acetylenes is 1. The minimum Gasteiger partial charge on any atom is -0.379 e. The molecule has 0 saturated carbocycles. The van der Waals surface area contributed by atoms with Crippen LogP contribution in [0.25, 0.3) is 0 Å². The van der Waals surface area contributed by atoms with Crippen molar-refractivity contribution in [2.45, 2.75) is 31.8 Å². The highest BCUT2D eigenvalue weighted by Crippen LogP contribution is 2.32. The molecule has 0 aromatic heterocycles. The molecule has 3 rings (SSSR count). The topological polar surface area (TPSA) is 160 Å². The average Bonchev–Trinajstić information content (AvgIpc) is 3.36. The van der Waals surface area contributed by atoms with Crippen molar-refractivity contribution in [3.63, 3.8) is 0 Å². The summed E-state index contributed by atoms with van der Waals surface area (Å²) in [6.45, 7) is 5.97. The molecule has 1 aromatic carbocycles. The summed E-state index contributed by atoms with van der Waals surface area (Å²) in [5, 5.41) is 5.12. The zero-order chi connectivity index (χ0) is 32.1. The lowest BCUT2D eigenvalue weighted by Gasteiger charge is -2.29. The normalized spacial score (nSPS) is 16.0. The highest BCUT2D eigenvalue weighted by atomic mass is 16.6. The van der Waals surface area contributed by atoms with Crippen molar-refractivity contribution in [2.75, 3.05) is 97.8 Å². The molecule has 0 bridgehead atoms. The summed E-state index contributed by atoms with van der Waals surface area (Å²) >= 11 is 0. The number of benzene rings is 1. The zero-order valence-corrected chi connectivity index (χ0v) is 25.6. The Morgan fingerprint density at radius 1 is 0.822 bits per heavy atom. The third kappa shape index (κ3) is 13.2. The van der Waals surface area contributed by atoms with Gasteiger partial charge in [0.2, 0.25) is 17.7 Å². The Labute approximate surface area is 263 Å². The van der Waals surface area contributed by atoms with Crippen LogP contribution in [0.4, 0.5) is 5.69 Å². The number of carbonyl (C=O) groups excluding carboxylic acids is 4. The van der Waals surface area contributed by atoms with Crippen molar-refractivity contribution in [1.82, 2.24) is 10.2 Å². The molecule has 14 nitrogen and oxygen atoms in total. The first-order chi connectivity index (χ1) is 22.0. The van der Waals surface area contributed by atoms with E-state index in [0.717, 1.165) is 0 Å². The van der Waals surface area contributed by atoms with E-state index in [1.165, 1.54) is 4.90 Å².